The van der Waals surface area contributed by atoms with Gasteiger partial charge >= 0.3 is 0 Å². The van der Waals surface area contributed by atoms with Gasteiger partial charge in [-0.2, -0.15) is 0 Å². The summed E-state index contributed by atoms with van der Waals surface area (Å²) < 4.78 is 5.21. The molecule has 2 aliphatic rings. The maximum atomic E-state index is 13.5. The zero-order valence-corrected chi connectivity index (χ0v) is 19.1. The molecule has 0 unspecified atom stereocenters. The quantitative estimate of drug-likeness (QED) is 0.613. The van der Waals surface area contributed by atoms with Crippen molar-refractivity contribution in [2.24, 2.45) is 0 Å². The van der Waals surface area contributed by atoms with Gasteiger partial charge in [-0.05, 0) is 36.4 Å². The van der Waals surface area contributed by atoms with E-state index in [1.54, 1.807) is 46.2 Å². The Morgan fingerprint density at radius 2 is 1.56 bits per heavy atom. The van der Waals surface area contributed by atoms with E-state index in [4.69, 9.17) is 4.42 Å². The van der Waals surface area contributed by atoms with Crippen LogP contribution in [0.15, 0.2) is 71.3 Å². The zero-order chi connectivity index (χ0) is 22.1. The van der Waals surface area contributed by atoms with Crippen LogP contribution in [0.3, 0.4) is 0 Å². The van der Waals surface area contributed by atoms with Gasteiger partial charge in [0.05, 0.1) is 35.4 Å². The summed E-state index contributed by atoms with van der Waals surface area (Å²) in [6.45, 7) is 2.36. The fourth-order valence-electron chi connectivity index (χ4n) is 4.15. The summed E-state index contributed by atoms with van der Waals surface area (Å²) >= 11 is 0. The van der Waals surface area contributed by atoms with Crippen LogP contribution < -0.4 is 10.2 Å². The van der Waals surface area contributed by atoms with Crippen molar-refractivity contribution in [1.82, 2.24) is 9.80 Å². The number of anilines is 3. The van der Waals surface area contributed by atoms with Gasteiger partial charge < -0.3 is 20.1 Å². The smallest absolute Gasteiger partial charge is 0.289 e. The van der Waals surface area contributed by atoms with Gasteiger partial charge in [0, 0.05) is 26.2 Å². The largest absolute Gasteiger partial charge is 0.459 e. The molecule has 2 aromatic carbocycles. The number of carbonyl (C=O) groups excluding carboxylic acids is 3. The molecule has 10 heteroatoms. The van der Waals surface area contributed by atoms with E-state index in [0.717, 1.165) is 0 Å². The predicted octanol–water partition coefficient (Wildman–Crippen LogP) is 2.57. The van der Waals surface area contributed by atoms with Crippen molar-refractivity contribution >= 4 is 47.2 Å². The Labute approximate surface area is 202 Å². The van der Waals surface area contributed by atoms with Crippen LogP contribution in [0.1, 0.15) is 20.9 Å². The maximum Gasteiger partial charge on any atom is 0.289 e. The summed E-state index contributed by atoms with van der Waals surface area (Å²) in [5.74, 6) is -0.189. The van der Waals surface area contributed by atoms with Crippen molar-refractivity contribution in [2.45, 2.75) is 0 Å². The number of amides is 3. The fraction of sp³-hybridized carbons (Fsp3) is 0.208. The van der Waals surface area contributed by atoms with Crippen LogP contribution in [-0.4, -0.2) is 65.7 Å². The van der Waals surface area contributed by atoms with Crippen LogP contribution in [-0.2, 0) is 4.79 Å². The van der Waals surface area contributed by atoms with Crippen molar-refractivity contribution in [2.75, 3.05) is 42.9 Å². The minimum absolute atomic E-state index is 0. The van der Waals surface area contributed by atoms with E-state index in [1.807, 2.05) is 29.2 Å². The SMILES string of the molecule is Cl.O.O=C1Nc2ccccc2N(C(=O)CN2CCN(C(=O)c3ccco3)CC2)c2ccccc21. The first-order valence-corrected chi connectivity index (χ1v) is 10.5. The summed E-state index contributed by atoms with van der Waals surface area (Å²) in [6.07, 6.45) is 1.48. The lowest BCUT2D eigenvalue weighted by molar-refractivity contribution is -0.119. The molecule has 0 bridgehead atoms. The maximum absolute atomic E-state index is 13.5. The van der Waals surface area contributed by atoms with Gasteiger partial charge in [0.25, 0.3) is 11.8 Å². The second-order valence-corrected chi connectivity index (χ2v) is 7.76. The lowest BCUT2D eigenvalue weighted by Crippen LogP contribution is -2.51. The molecule has 34 heavy (non-hydrogen) atoms. The highest BCUT2D eigenvalue weighted by Crippen LogP contribution is 2.37. The van der Waals surface area contributed by atoms with Crippen molar-refractivity contribution in [3.8, 4) is 0 Å². The number of rotatable bonds is 3. The molecule has 0 radical (unpaired) electrons. The van der Waals surface area contributed by atoms with E-state index < -0.39 is 0 Å². The number of fused-ring (bicyclic) bond motifs is 2. The van der Waals surface area contributed by atoms with Crippen molar-refractivity contribution < 1.29 is 24.3 Å². The summed E-state index contributed by atoms with van der Waals surface area (Å²) in [4.78, 5) is 44.1. The molecule has 3 heterocycles. The number of hydrogen-bond acceptors (Lipinski definition) is 5. The van der Waals surface area contributed by atoms with Gasteiger partial charge in [0.1, 0.15) is 0 Å². The number of halogens is 1. The number of benzene rings is 2. The number of nitrogens with one attached hydrogen (secondary N) is 1. The highest BCUT2D eigenvalue weighted by molar-refractivity contribution is 6.17. The normalized spacial score (nSPS) is 15.1. The van der Waals surface area contributed by atoms with Gasteiger partial charge in [-0.3, -0.25) is 24.2 Å². The number of para-hydroxylation sites is 3. The Balaban J connectivity index is 0.00000162. The highest BCUT2D eigenvalue weighted by atomic mass is 35.5. The number of piperazine rings is 1. The molecule has 5 rings (SSSR count). The molecule has 178 valence electrons. The number of carbonyl (C=O) groups is 3. The number of furan rings is 1. The molecular formula is C24H25ClN4O5. The molecule has 2 aliphatic heterocycles. The van der Waals surface area contributed by atoms with Gasteiger partial charge in [-0.1, -0.05) is 24.3 Å². The summed E-state index contributed by atoms with van der Waals surface area (Å²) in [6, 6.07) is 17.7. The first-order chi connectivity index (χ1) is 15.6. The van der Waals surface area contributed by atoms with E-state index in [1.165, 1.54) is 6.26 Å². The molecule has 0 atom stereocenters. The second-order valence-electron chi connectivity index (χ2n) is 7.76. The third-order valence-electron chi connectivity index (χ3n) is 5.78. The molecule has 0 aliphatic carbocycles. The average molecular weight is 485 g/mol. The van der Waals surface area contributed by atoms with Crippen LogP contribution in [0, 0.1) is 0 Å². The topological polar surface area (TPSA) is 118 Å². The molecule has 3 N–H and O–H groups in total. The Morgan fingerprint density at radius 1 is 0.882 bits per heavy atom. The lowest BCUT2D eigenvalue weighted by Gasteiger charge is -2.35. The van der Waals surface area contributed by atoms with E-state index in [9.17, 15) is 14.4 Å². The molecular weight excluding hydrogens is 460 g/mol. The zero-order valence-electron chi connectivity index (χ0n) is 18.3. The van der Waals surface area contributed by atoms with Crippen LogP contribution in [0.25, 0.3) is 0 Å². The lowest BCUT2D eigenvalue weighted by atomic mass is 10.1. The molecule has 0 spiro atoms. The van der Waals surface area contributed by atoms with Gasteiger partial charge in [0.2, 0.25) is 5.91 Å². The van der Waals surface area contributed by atoms with E-state index in [0.29, 0.717) is 54.6 Å². The van der Waals surface area contributed by atoms with Gasteiger partial charge in [0.15, 0.2) is 5.76 Å². The first-order valence-electron chi connectivity index (χ1n) is 10.5. The molecule has 1 fully saturated rings. The Morgan fingerprint density at radius 3 is 2.26 bits per heavy atom. The van der Waals surface area contributed by atoms with E-state index in [-0.39, 0.29) is 42.1 Å². The number of nitrogens with zero attached hydrogens (tertiary/aromatic N) is 3. The van der Waals surface area contributed by atoms with E-state index >= 15 is 0 Å². The molecule has 3 aromatic rings. The summed E-state index contributed by atoms with van der Waals surface area (Å²) in [5.41, 5.74) is 2.25. The average Bonchev–Trinajstić information content (AvgIpc) is 3.32. The fourth-order valence-corrected chi connectivity index (χ4v) is 4.15. The van der Waals surface area contributed by atoms with Crippen LogP contribution >= 0.6 is 12.4 Å². The van der Waals surface area contributed by atoms with Crippen molar-refractivity contribution in [3.05, 3.63) is 78.3 Å². The predicted molar refractivity (Wildman–Crippen MR) is 130 cm³/mol. The summed E-state index contributed by atoms with van der Waals surface area (Å²) in [5, 5.41) is 2.90. The Kier molecular flexibility index (Phi) is 7.72. The van der Waals surface area contributed by atoms with E-state index in [2.05, 4.69) is 5.32 Å². The Bertz CT molecular complexity index is 1180. The minimum Gasteiger partial charge on any atom is -0.459 e. The molecule has 1 saturated heterocycles. The molecule has 1 aromatic heterocycles. The second kappa shape index (κ2) is 10.5. The molecule has 9 nitrogen and oxygen atoms in total. The minimum atomic E-state index is -0.242. The number of hydrogen-bond donors (Lipinski definition) is 1. The Hall–Kier alpha value is -3.66. The molecule has 0 saturated carbocycles. The van der Waals surface area contributed by atoms with Crippen LogP contribution in [0.4, 0.5) is 17.1 Å². The van der Waals surface area contributed by atoms with Crippen LogP contribution in [0.5, 0.6) is 0 Å². The van der Waals surface area contributed by atoms with Gasteiger partial charge in [-0.15, -0.1) is 12.4 Å². The monoisotopic (exact) mass is 484 g/mol. The highest BCUT2D eigenvalue weighted by Gasteiger charge is 2.31. The van der Waals surface area contributed by atoms with Crippen molar-refractivity contribution in [1.29, 1.82) is 0 Å². The third kappa shape index (κ3) is 4.67. The summed E-state index contributed by atoms with van der Waals surface area (Å²) in [7, 11) is 0. The molecule has 3 amide bonds. The third-order valence-corrected chi connectivity index (χ3v) is 5.78. The first kappa shape index (κ1) is 25.0. The van der Waals surface area contributed by atoms with Gasteiger partial charge in [-0.25, -0.2) is 0 Å². The van der Waals surface area contributed by atoms with Crippen LogP contribution in [0.2, 0.25) is 0 Å². The van der Waals surface area contributed by atoms with Crippen molar-refractivity contribution in [3.63, 3.8) is 0 Å². The standard InChI is InChI=1S/C24H22N4O4.ClH.H2O/c29-22(16-26-11-13-27(14-12-26)24(31)21-10-5-15-32-21)28-19-8-3-1-6-17(19)23(30)25-18-7-2-4-9-20(18)28;;/h1-10,15H,11-14,16H2,(H,25,30);1H;1H2.